The van der Waals surface area contributed by atoms with E-state index in [0.29, 0.717) is 10.6 Å². The minimum atomic E-state index is -0.529. The summed E-state index contributed by atoms with van der Waals surface area (Å²) in [5.41, 5.74) is 7.12. The van der Waals surface area contributed by atoms with Crippen molar-refractivity contribution < 1.29 is 4.79 Å². The minimum absolute atomic E-state index is 0.103. The Bertz CT molecular complexity index is 531. The lowest BCUT2D eigenvalue weighted by Crippen LogP contribution is -2.56. The second kappa shape index (κ2) is 6.88. The van der Waals surface area contributed by atoms with E-state index in [2.05, 4.69) is 21.2 Å². The number of halogens is 1. The van der Waals surface area contributed by atoms with Crippen LogP contribution in [0.1, 0.15) is 54.4 Å². The van der Waals surface area contributed by atoms with E-state index >= 15 is 0 Å². The second-order valence-corrected chi connectivity index (χ2v) is 7.19. The van der Waals surface area contributed by atoms with Gasteiger partial charge in [0.2, 0.25) is 0 Å². The molecule has 114 valence electrons. The highest BCUT2D eigenvalue weighted by Crippen LogP contribution is 2.28. The molecule has 1 aromatic carbocycles. The van der Waals surface area contributed by atoms with Crippen molar-refractivity contribution >= 4 is 39.0 Å². The molecule has 1 aliphatic carbocycles. The van der Waals surface area contributed by atoms with Gasteiger partial charge in [0, 0.05) is 10.0 Å². The van der Waals surface area contributed by atoms with Crippen molar-refractivity contribution in [2.75, 3.05) is 0 Å². The van der Waals surface area contributed by atoms with Crippen LogP contribution in [0.2, 0.25) is 0 Å². The monoisotopic (exact) mass is 368 g/mol. The highest BCUT2D eigenvalue weighted by Gasteiger charge is 2.35. The van der Waals surface area contributed by atoms with Crippen molar-refractivity contribution in [3.05, 3.63) is 33.8 Å². The molecule has 0 spiro atoms. The first-order chi connectivity index (χ1) is 9.93. The minimum Gasteiger partial charge on any atom is -0.391 e. The maximum Gasteiger partial charge on any atom is 0.252 e. The molecular formula is C16H21BrN2OS. The predicted molar refractivity (Wildman–Crippen MR) is 93.6 cm³/mol. The fourth-order valence-electron chi connectivity index (χ4n) is 2.92. The van der Waals surface area contributed by atoms with Gasteiger partial charge < -0.3 is 11.1 Å². The normalized spacial score (nSPS) is 17.8. The number of carbonyl (C=O) groups excluding carboxylic acids is 1. The summed E-state index contributed by atoms with van der Waals surface area (Å²) in [6.45, 7) is 1.97. The summed E-state index contributed by atoms with van der Waals surface area (Å²) in [6.07, 6.45) is 6.12. The average Bonchev–Trinajstić information content (AvgIpc) is 2.64. The standard InChI is InChI=1S/C16H21BrN2OS/c1-11-8-12(10-13(17)9-11)14(20)19-16(15(18)21)6-4-2-3-5-7-16/h8-10H,2-7H2,1H3,(H2,18,21)(H,19,20). The third kappa shape index (κ3) is 4.04. The zero-order valence-corrected chi connectivity index (χ0v) is 14.6. The van der Waals surface area contributed by atoms with Crippen LogP contribution in [0.25, 0.3) is 0 Å². The number of thiocarbonyl (C=S) groups is 1. The van der Waals surface area contributed by atoms with Crippen LogP contribution in [-0.4, -0.2) is 16.4 Å². The second-order valence-electron chi connectivity index (χ2n) is 5.83. The summed E-state index contributed by atoms with van der Waals surface area (Å²) in [5, 5.41) is 3.12. The number of carbonyl (C=O) groups is 1. The van der Waals surface area contributed by atoms with E-state index in [-0.39, 0.29) is 5.91 Å². The number of hydrogen-bond acceptors (Lipinski definition) is 2. The van der Waals surface area contributed by atoms with Crippen molar-refractivity contribution in [1.82, 2.24) is 5.32 Å². The van der Waals surface area contributed by atoms with Crippen molar-refractivity contribution in [2.45, 2.75) is 51.0 Å². The van der Waals surface area contributed by atoms with E-state index in [1.54, 1.807) is 0 Å². The molecule has 0 aliphatic heterocycles. The highest BCUT2D eigenvalue weighted by molar-refractivity contribution is 9.10. The number of nitrogens with one attached hydrogen (secondary N) is 1. The third-order valence-electron chi connectivity index (χ3n) is 4.09. The Morgan fingerprint density at radius 2 is 1.86 bits per heavy atom. The first kappa shape index (κ1) is 16.4. The van der Waals surface area contributed by atoms with Gasteiger partial charge in [0.1, 0.15) is 0 Å². The molecule has 21 heavy (non-hydrogen) atoms. The van der Waals surface area contributed by atoms with Gasteiger partial charge in [-0.2, -0.15) is 0 Å². The molecule has 5 heteroatoms. The van der Waals surface area contributed by atoms with Crippen molar-refractivity contribution in [1.29, 1.82) is 0 Å². The molecule has 1 fully saturated rings. The molecule has 0 aromatic heterocycles. The van der Waals surface area contributed by atoms with Crippen molar-refractivity contribution in [3.8, 4) is 0 Å². The molecule has 0 unspecified atom stereocenters. The molecule has 0 heterocycles. The van der Waals surface area contributed by atoms with Gasteiger partial charge in [-0.3, -0.25) is 4.79 Å². The van der Waals surface area contributed by atoms with Gasteiger partial charge in [-0.25, -0.2) is 0 Å². The summed E-state index contributed by atoms with van der Waals surface area (Å²) >= 11 is 8.69. The molecule has 3 N–H and O–H groups in total. The van der Waals surface area contributed by atoms with E-state index in [4.69, 9.17) is 18.0 Å². The Balaban J connectivity index is 2.23. The van der Waals surface area contributed by atoms with Crippen LogP contribution < -0.4 is 11.1 Å². The Labute approximate surface area is 139 Å². The van der Waals surface area contributed by atoms with Gasteiger partial charge in [0.25, 0.3) is 5.91 Å². The van der Waals surface area contributed by atoms with E-state index in [1.165, 1.54) is 12.8 Å². The third-order valence-corrected chi connectivity index (χ3v) is 4.93. The lowest BCUT2D eigenvalue weighted by Gasteiger charge is -2.33. The van der Waals surface area contributed by atoms with Gasteiger partial charge in [-0.05, 0) is 43.5 Å². The molecule has 1 aromatic rings. The molecule has 0 saturated heterocycles. The van der Waals surface area contributed by atoms with Crippen LogP contribution in [0.5, 0.6) is 0 Å². The maximum absolute atomic E-state index is 12.6. The molecule has 3 nitrogen and oxygen atoms in total. The SMILES string of the molecule is Cc1cc(Br)cc(C(=O)NC2(C(N)=S)CCCCCC2)c1. The largest absolute Gasteiger partial charge is 0.391 e. The van der Waals surface area contributed by atoms with Crippen LogP contribution >= 0.6 is 28.1 Å². The molecule has 0 bridgehead atoms. The van der Waals surface area contributed by atoms with E-state index < -0.39 is 5.54 Å². The molecule has 0 radical (unpaired) electrons. The van der Waals surface area contributed by atoms with Gasteiger partial charge in [0.05, 0.1) is 10.5 Å². The number of amides is 1. The van der Waals surface area contributed by atoms with E-state index in [0.717, 1.165) is 35.7 Å². The van der Waals surface area contributed by atoms with Gasteiger partial charge in [-0.15, -0.1) is 0 Å². The first-order valence-corrected chi connectivity index (χ1v) is 8.53. The Kier molecular flexibility index (Phi) is 5.38. The van der Waals surface area contributed by atoms with Crippen LogP contribution in [0.3, 0.4) is 0 Å². The summed E-state index contributed by atoms with van der Waals surface area (Å²) < 4.78 is 0.901. The quantitative estimate of drug-likeness (QED) is 0.628. The van der Waals surface area contributed by atoms with Crippen molar-refractivity contribution in [3.63, 3.8) is 0 Å². The number of hydrogen-bond donors (Lipinski definition) is 2. The van der Waals surface area contributed by atoms with Gasteiger partial charge in [-0.1, -0.05) is 53.8 Å². The Morgan fingerprint density at radius 1 is 1.24 bits per heavy atom. The summed E-state index contributed by atoms with van der Waals surface area (Å²) in [5.74, 6) is -0.103. The average molecular weight is 369 g/mol. The number of rotatable bonds is 3. The summed E-state index contributed by atoms with van der Waals surface area (Å²) in [6, 6.07) is 5.68. The van der Waals surface area contributed by atoms with Crippen molar-refractivity contribution in [2.24, 2.45) is 5.73 Å². The lowest BCUT2D eigenvalue weighted by atomic mass is 9.89. The Morgan fingerprint density at radius 3 is 2.38 bits per heavy atom. The van der Waals surface area contributed by atoms with Gasteiger partial charge in [0.15, 0.2) is 0 Å². The number of nitrogens with two attached hydrogens (primary N) is 1. The maximum atomic E-state index is 12.6. The lowest BCUT2D eigenvalue weighted by molar-refractivity contribution is 0.0917. The number of aryl methyl sites for hydroxylation is 1. The fourth-order valence-corrected chi connectivity index (χ4v) is 3.78. The van der Waals surface area contributed by atoms with Crippen LogP contribution in [0.15, 0.2) is 22.7 Å². The zero-order valence-electron chi connectivity index (χ0n) is 12.2. The molecule has 1 aliphatic rings. The van der Waals surface area contributed by atoms with Crippen LogP contribution in [-0.2, 0) is 0 Å². The Hall–Kier alpha value is -0.940. The molecule has 1 saturated carbocycles. The predicted octanol–water partition coefficient (Wildman–Crippen LogP) is 3.87. The van der Waals surface area contributed by atoms with Crippen LogP contribution in [0.4, 0.5) is 0 Å². The summed E-state index contributed by atoms with van der Waals surface area (Å²) in [4.78, 5) is 13.0. The van der Waals surface area contributed by atoms with E-state index in [9.17, 15) is 4.79 Å². The highest BCUT2D eigenvalue weighted by atomic mass is 79.9. The molecule has 2 rings (SSSR count). The topological polar surface area (TPSA) is 55.1 Å². The smallest absolute Gasteiger partial charge is 0.252 e. The summed E-state index contributed by atoms with van der Waals surface area (Å²) in [7, 11) is 0. The first-order valence-electron chi connectivity index (χ1n) is 7.33. The molecule has 0 atom stereocenters. The molecular weight excluding hydrogens is 348 g/mol. The van der Waals surface area contributed by atoms with Crippen LogP contribution in [0, 0.1) is 6.92 Å². The van der Waals surface area contributed by atoms with Gasteiger partial charge >= 0.3 is 0 Å². The van der Waals surface area contributed by atoms with E-state index in [1.807, 2.05) is 25.1 Å². The fraction of sp³-hybridized carbons (Fsp3) is 0.500. The number of benzene rings is 1. The zero-order chi connectivity index (χ0) is 15.5. The molecule has 1 amide bonds.